The Morgan fingerprint density at radius 3 is 2.76 bits per heavy atom. The van der Waals surface area contributed by atoms with E-state index < -0.39 is 0 Å². The first-order valence-corrected chi connectivity index (χ1v) is 6.93. The second-order valence-electron chi connectivity index (χ2n) is 5.75. The summed E-state index contributed by atoms with van der Waals surface area (Å²) in [5.41, 5.74) is 6.09. The highest BCUT2D eigenvalue weighted by molar-refractivity contribution is 5.04. The van der Waals surface area contributed by atoms with Crippen molar-refractivity contribution >= 4 is 0 Å². The first-order valence-electron chi connectivity index (χ1n) is 6.93. The van der Waals surface area contributed by atoms with E-state index in [0.717, 1.165) is 24.6 Å². The summed E-state index contributed by atoms with van der Waals surface area (Å²) in [6.07, 6.45) is 7.58. The van der Waals surface area contributed by atoms with E-state index in [-0.39, 0.29) is 6.04 Å². The van der Waals surface area contributed by atoms with Crippen LogP contribution in [-0.2, 0) is 13.0 Å². The monoisotopic (exact) mass is 234 g/mol. The Morgan fingerprint density at radius 1 is 1.24 bits per heavy atom. The van der Waals surface area contributed by atoms with Crippen molar-refractivity contribution in [1.82, 2.24) is 14.8 Å². The molecule has 1 aliphatic carbocycles. The third kappa shape index (κ3) is 2.10. The smallest absolute Gasteiger partial charge is 0.154 e. The molecular weight excluding hydrogens is 212 g/mol. The Kier molecular flexibility index (Phi) is 2.90. The van der Waals surface area contributed by atoms with Crippen LogP contribution in [-0.4, -0.2) is 20.8 Å². The number of aromatic nitrogens is 3. The van der Waals surface area contributed by atoms with Gasteiger partial charge in [0.2, 0.25) is 0 Å². The molecule has 3 rings (SSSR count). The van der Waals surface area contributed by atoms with E-state index in [1.165, 1.54) is 32.1 Å². The van der Waals surface area contributed by atoms with Crippen LogP contribution >= 0.6 is 0 Å². The summed E-state index contributed by atoms with van der Waals surface area (Å²) in [6, 6.07) is 0.239. The minimum Gasteiger partial charge on any atom is -0.326 e. The van der Waals surface area contributed by atoms with Crippen LogP contribution in [0.4, 0.5) is 0 Å². The molecule has 0 amide bonds. The average Bonchev–Trinajstić information content (AvgIpc) is 2.74. The standard InChI is InChI=1S/C13H22N4/c1-9-7-12-15-13(10-5-3-2-4-6-10)16-17(12)8-11(9)14/h9-11H,2-8,14H2,1H3. The number of fused-ring (bicyclic) bond motifs is 1. The molecule has 4 heteroatoms. The third-order valence-electron chi connectivity index (χ3n) is 4.35. The van der Waals surface area contributed by atoms with E-state index in [2.05, 4.69) is 16.7 Å². The van der Waals surface area contributed by atoms with Crippen molar-refractivity contribution in [3.05, 3.63) is 11.6 Å². The van der Waals surface area contributed by atoms with Gasteiger partial charge in [-0.15, -0.1) is 0 Å². The number of rotatable bonds is 1. The molecule has 0 aromatic carbocycles. The minimum absolute atomic E-state index is 0.239. The van der Waals surface area contributed by atoms with Crippen molar-refractivity contribution in [2.75, 3.05) is 0 Å². The van der Waals surface area contributed by atoms with Crippen LogP contribution in [0.25, 0.3) is 0 Å². The van der Waals surface area contributed by atoms with Gasteiger partial charge in [-0.1, -0.05) is 26.2 Å². The molecule has 2 atom stereocenters. The Balaban J connectivity index is 1.81. The van der Waals surface area contributed by atoms with Crippen molar-refractivity contribution in [1.29, 1.82) is 0 Å². The fourth-order valence-electron chi connectivity index (χ4n) is 3.04. The van der Waals surface area contributed by atoms with Gasteiger partial charge in [-0.2, -0.15) is 5.10 Å². The lowest BCUT2D eigenvalue weighted by Crippen LogP contribution is -2.39. The molecule has 4 nitrogen and oxygen atoms in total. The van der Waals surface area contributed by atoms with Gasteiger partial charge < -0.3 is 5.73 Å². The molecule has 1 aromatic rings. The molecule has 0 spiro atoms. The number of hydrogen-bond acceptors (Lipinski definition) is 3. The molecule has 94 valence electrons. The first-order chi connectivity index (χ1) is 8.24. The van der Waals surface area contributed by atoms with Crippen molar-refractivity contribution in [3.8, 4) is 0 Å². The Bertz CT molecular complexity index is 365. The van der Waals surface area contributed by atoms with Gasteiger partial charge in [-0.25, -0.2) is 9.67 Å². The van der Waals surface area contributed by atoms with Crippen LogP contribution < -0.4 is 5.73 Å². The van der Waals surface area contributed by atoms with Gasteiger partial charge in [0.25, 0.3) is 0 Å². The molecule has 2 unspecified atom stereocenters. The Hall–Kier alpha value is -0.900. The molecule has 0 radical (unpaired) electrons. The molecule has 2 N–H and O–H groups in total. The number of nitrogens with two attached hydrogens (primary N) is 1. The van der Waals surface area contributed by atoms with Gasteiger partial charge in [-0.3, -0.25) is 0 Å². The summed E-state index contributed by atoms with van der Waals surface area (Å²) in [5, 5.41) is 4.68. The van der Waals surface area contributed by atoms with Crippen molar-refractivity contribution in [3.63, 3.8) is 0 Å². The van der Waals surface area contributed by atoms with E-state index >= 15 is 0 Å². The molecule has 2 aliphatic rings. The van der Waals surface area contributed by atoms with E-state index in [0.29, 0.717) is 11.8 Å². The first kappa shape index (κ1) is 11.2. The van der Waals surface area contributed by atoms with Gasteiger partial charge in [-0.05, 0) is 18.8 Å². The van der Waals surface area contributed by atoms with Gasteiger partial charge in [0.05, 0.1) is 6.54 Å². The van der Waals surface area contributed by atoms with E-state index in [4.69, 9.17) is 10.7 Å². The highest BCUT2D eigenvalue weighted by Gasteiger charge is 2.27. The summed E-state index contributed by atoms with van der Waals surface area (Å²) >= 11 is 0. The van der Waals surface area contributed by atoms with Crippen molar-refractivity contribution < 1.29 is 0 Å². The van der Waals surface area contributed by atoms with Crippen molar-refractivity contribution in [2.24, 2.45) is 11.7 Å². The Labute approximate surface area is 103 Å². The molecule has 1 aliphatic heterocycles. The Morgan fingerprint density at radius 2 is 2.00 bits per heavy atom. The summed E-state index contributed by atoms with van der Waals surface area (Å²) in [6.45, 7) is 3.05. The molecule has 1 fully saturated rings. The largest absolute Gasteiger partial charge is 0.326 e. The van der Waals surface area contributed by atoms with Crippen LogP contribution in [0.2, 0.25) is 0 Å². The quantitative estimate of drug-likeness (QED) is 0.806. The van der Waals surface area contributed by atoms with Crippen LogP contribution in [0, 0.1) is 5.92 Å². The van der Waals surface area contributed by atoms with Crippen LogP contribution in [0.3, 0.4) is 0 Å². The molecule has 2 heterocycles. The van der Waals surface area contributed by atoms with Gasteiger partial charge in [0.1, 0.15) is 5.82 Å². The van der Waals surface area contributed by atoms with Crippen molar-refractivity contribution in [2.45, 2.75) is 64.0 Å². The maximum absolute atomic E-state index is 6.09. The zero-order chi connectivity index (χ0) is 11.8. The predicted molar refractivity (Wildman–Crippen MR) is 66.7 cm³/mol. The van der Waals surface area contributed by atoms with Crippen LogP contribution in [0.5, 0.6) is 0 Å². The molecule has 0 bridgehead atoms. The lowest BCUT2D eigenvalue weighted by atomic mass is 9.89. The third-order valence-corrected chi connectivity index (χ3v) is 4.35. The average molecular weight is 234 g/mol. The minimum atomic E-state index is 0.239. The number of hydrogen-bond donors (Lipinski definition) is 1. The second-order valence-corrected chi connectivity index (χ2v) is 5.75. The maximum atomic E-state index is 6.09. The van der Waals surface area contributed by atoms with Crippen LogP contribution in [0.1, 0.15) is 56.6 Å². The SMILES string of the molecule is CC1Cc2nc(C3CCCCC3)nn2CC1N. The molecule has 0 saturated heterocycles. The summed E-state index contributed by atoms with van der Waals surface area (Å²) in [4.78, 5) is 4.76. The fraction of sp³-hybridized carbons (Fsp3) is 0.846. The fourth-order valence-corrected chi connectivity index (χ4v) is 3.04. The van der Waals surface area contributed by atoms with Gasteiger partial charge in [0.15, 0.2) is 5.82 Å². The topological polar surface area (TPSA) is 56.7 Å². The van der Waals surface area contributed by atoms with Gasteiger partial charge >= 0.3 is 0 Å². The normalized spacial score (nSPS) is 30.2. The molecule has 1 saturated carbocycles. The van der Waals surface area contributed by atoms with Gasteiger partial charge in [0, 0.05) is 18.4 Å². The summed E-state index contributed by atoms with van der Waals surface area (Å²) < 4.78 is 2.05. The lowest BCUT2D eigenvalue weighted by molar-refractivity contribution is 0.329. The van der Waals surface area contributed by atoms with E-state index in [1.807, 2.05) is 0 Å². The van der Waals surface area contributed by atoms with E-state index in [1.54, 1.807) is 0 Å². The highest BCUT2D eigenvalue weighted by atomic mass is 15.4. The van der Waals surface area contributed by atoms with Crippen LogP contribution in [0.15, 0.2) is 0 Å². The maximum Gasteiger partial charge on any atom is 0.154 e. The molecular formula is C13H22N4. The van der Waals surface area contributed by atoms with E-state index in [9.17, 15) is 0 Å². The summed E-state index contributed by atoms with van der Waals surface area (Å²) in [5.74, 6) is 3.38. The lowest BCUT2D eigenvalue weighted by Gasteiger charge is -2.25. The highest BCUT2D eigenvalue weighted by Crippen LogP contribution is 2.31. The predicted octanol–water partition coefficient (Wildman–Crippen LogP) is 1.85. The number of nitrogens with zero attached hydrogens (tertiary/aromatic N) is 3. The summed E-state index contributed by atoms with van der Waals surface area (Å²) in [7, 11) is 0. The molecule has 1 aromatic heterocycles. The zero-order valence-electron chi connectivity index (χ0n) is 10.6. The molecule has 17 heavy (non-hydrogen) atoms. The zero-order valence-corrected chi connectivity index (χ0v) is 10.6. The second kappa shape index (κ2) is 4.41.